The average Bonchev–Trinajstić information content (AvgIpc) is 2.35. The second-order valence-corrected chi connectivity index (χ2v) is 5.15. The van der Waals surface area contributed by atoms with E-state index in [1.165, 1.54) is 0 Å². The van der Waals surface area contributed by atoms with Crippen LogP contribution in [0.4, 0.5) is 0 Å². The molecule has 0 radical (unpaired) electrons. The van der Waals surface area contributed by atoms with Crippen LogP contribution in [-0.2, 0) is 0 Å². The van der Waals surface area contributed by atoms with Crippen LogP contribution in [0, 0.1) is 12.8 Å². The molecule has 0 heterocycles. The van der Waals surface area contributed by atoms with Crippen LogP contribution in [0.2, 0.25) is 0 Å². The van der Waals surface area contributed by atoms with Crippen molar-refractivity contribution in [3.63, 3.8) is 0 Å². The van der Waals surface area contributed by atoms with Crippen molar-refractivity contribution < 1.29 is 10.3 Å². The fourth-order valence-corrected chi connectivity index (χ4v) is 2.37. The van der Waals surface area contributed by atoms with E-state index in [1.807, 2.05) is 32.0 Å². The Morgan fingerprint density at radius 3 is 2.76 bits per heavy atom. The van der Waals surface area contributed by atoms with E-state index in [4.69, 9.17) is 16.0 Å². The van der Waals surface area contributed by atoms with Crippen molar-refractivity contribution in [2.24, 2.45) is 16.8 Å². The number of nitrogens with two attached hydrogens (primary N) is 1. The summed E-state index contributed by atoms with van der Waals surface area (Å²) >= 11 is 1.69. The van der Waals surface area contributed by atoms with Gasteiger partial charge in [-0.1, -0.05) is 12.1 Å². The summed E-state index contributed by atoms with van der Waals surface area (Å²) < 4.78 is 0. The second-order valence-electron chi connectivity index (χ2n) is 4.06. The lowest BCUT2D eigenvalue weighted by Crippen LogP contribution is -2.14. The van der Waals surface area contributed by atoms with Gasteiger partial charge in [-0.25, -0.2) is 0 Å². The predicted molar refractivity (Wildman–Crippen MR) is 70.7 cm³/mol. The SMILES string of the molecule is Cc1cc(SCC(C)CO)ccc1/C(N)=N/O. The highest BCUT2D eigenvalue weighted by Gasteiger charge is 2.06. The summed E-state index contributed by atoms with van der Waals surface area (Å²) in [6.45, 7) is 4.13. The smallest absolute Gasteiger partial charge is 0.170 e. The Balaban J connectivity index is 2.75. The van der Waals surface area contributed by atoms with Gasteiger partial charge in [0.1, 0.15) is 0 Å². The van der Waals surface area contributed by atoms with Gasteiger partial charge in [0.2, 0.25) is 0 Å². The Morgan fingerprint density at radius 1 is 1.53 bits per heavy atom. The first-order valence-corrected chi connectivity index (χ1v) is 6.39. The number of oxime groups is 1. The fraction of sp³-hybridized carbons (Fsp3) is 0.417. The molecular weight excluding hydrogens is 236 g/mol. The highest BCUT2D eigenvalue weighted by Crippen LogP contribution is 2.23. The van der Waals surface area contributed by atoms with Gasteiger partial charge >= 0.3 is 0 Å². The first kappa shape index (κ1) is 13.9. The molecule has 1 aromatic carbocycles. The quantitative estimate of drug-likeness (QED) is 0.246. The number of hydrogen-bond donors (Lipinski definition) is 3. The Morgan fingerprint density at radius 2 is 2.24 bits per heavy atom. The lowest BCUT2D eigenvalue weighted by Gasteiger charge is -2.09. The molecule has 17 heavy (non-hydrogen) atoms. The van der Waals surface area contributed by atoms with E-state index < -0.39 is 0 Å². The number of aryl methyl sites for hydroxylation is 1. The van der Waals surface area contributed by atoms with Gasteiger partial charge in [0, 0.05) is 22.8 Å². The number of hydrogen-bond acceptors (Lipinski definition) is 4. The molecule has 0 aliphatic carbocycles. The third kappa shape index (κ3) is 3.94. The third-order valence-electron chi connectivity index (χ3n) is 2.43. The maximum atomic E-state index is 8.94. The number of aliphatic hydroxyl groups is 1. The highest BCUT2D eigenvalue weighted by molar-refractivity contribution is 7.99. The Hall–Kier alpha value is -1.20. The van der Waals surface area contributed by atoms with E-state index in [0.29, 0.717) is 0 Å². The molecule has 1 unspecified atom stereocenters. The molecule has 4 N–H and O–H groups in total. The molecule has 1 rings (SSSR count). The molecule has 94 valence electrons. The largest absolute Gasteiger partial charge is 0.409 e. The van der Waals surface area contributed by atoms with Crippen molar-refractivity contribution >= 4 is 17.6 Å². The van der Waals surface area contributed by atoms with E-state index in [2.05, 4.69) is 5.16 Å². The van der Waals surface area contributed by atoms with Gasteiger partial charge in [0.25, 0.3) is 0 Å². The van der Waals surface area contributed by atoms with Crippen LogP contribution in [0.1, 0.15) is 18.1 Å². The average molecular weight is 254 g/mol. The summed E-state index contributed by atoms with van der Waals surface area (Å²) in [6.07, 6.45) is 0. The van der Waals surface area contributed by atoms with Crippen LogP contribution >= 0.6 is 11.8 Å². The summed E-state index contributed by atoms with van der Waals surface area (Å²) in [6, 6.07) is 5.79. The van der Waals surface area contributed by atoms with Crippen molar-refractivity contribution in [2.45, 2.75) is 18.7 Å². The van der Waals surface area contributed by atoms with Crippen molar-refractivity contribution in [3.8, 4) is 0 Å². The summed E-state index contributed by atoms with van der Waals surface area (Å²) in [4.78, 5) is 1.12. The lowest BCUT2D eigenvalue weighted by molar-refractivity contribution is 0.250. The van der Waals surface area contributed by atoms with Crippen LogP contribution in [0.3, 0.4) is 0 Å². The maximum Gasteiger partial charge on any atom is 0.170 e. The van der Waals surface area contributed by atoms with Crippen molar-refractivity contribution in [2.75, 3.05) is 12.4 Å². The Bertz CT molecular complexity index is 407. The number of nitrogens with zero attached hydrogens (tertiary/aromatic N) is 1. The van der Waals surface area contributed by atoms with Gasteiger partial charge < -0.3 is 16.0 Å². The molecule has 0 saturated carbocycles. The number of rotatable bonds is 5. The third-order valence-corrected chi connectivity index (χ3v) is 3.75. The van der Waals surface area contributed by atoms with Crippen molar-refractivity contribution in [1.82, 2.24) is 0 Å². The molecule has 0 aliphatic heterocycles. The molecular formula is C12H18N2O2S. The minimum absolute atomic E-state index is 0.128. The summed E-state index contributed by atoms with van der Waals surface area (Å²) in [5.74, 6) is 1.28. The standard InChI is InChI=1S/C12H18N2O2S/c1-8(6-15)7-17-10-3-4-11(9(2)5-10)12(13)14-16/h3-5,8,15-16H,6-7H2,1-2H3,(H2,13,14). The summed E-state index contributed by atoms with van der Waals surface area (Å²) in [7, 11) is 0. The predicted octanol–water partition coefficient (Wildman–Crippen LogP) is 1.81. The zero-order valence-electron chi connectivity index (χ0n) is 10.1. The molecule has 0 aromatic heterocycles. The molecule has 0 bridgehead atoms. The van der Waals surface area contributed by atoms with E-state index >= 15 is 0 Å². The molecule has 0 aliphatic rings. The van der Waals surface area contributed by atoms with Crippen molar-refractivity contribution in [1.29, 1.82) is 0 Å². The monoisotopic (exact) mass is 254 g/mol. The number of aliphatic hydroxyl groups excluding tert-OH is 1. The number of benzene rings is 1. The van der Waals surface area contributed by atoms with Crippen LogP contribution < -0.4 is 5.73 Å². The van der Waals surface area contributed by atoms with Gasteiger partial charge in [-0.2, -0.15) is 0 Å². The van der Waals surface area contributed by atoms with E-state index in [0.717, 1.165) is 21.8 Å². The topological polar surface area (TPSA) is 78.8 Å². The van der Waals surface area contributed by atoms with Gasteiger partial charge in [0.15, 0.2) is 5.84 Å². The zero-order valence-corrected chi connectivity index (χ0v) is 10.9. The van der Waals surface area contributed by atoms with Gasteiger partial charge in [-0.05, 0) is 36.6 Å². The van der Waals surface area contributed by atoms with Crippen LogP contribution in [0.25, 0.3) is 0 Å². The highest BCUT2D eigenvalue weighted by atomic mass is 32.2. The normalized spacial score (nSPS) is 13.7. The minimum atomic E-state index is 0.128. The summed E-state index contributed by atoms with van der Waals surface area (Å²) in [5, 5.41) is 20.6. The number of amidine groups is 1. The summed E-state index contributed by atoms with van der Waals surface area (Å²) in [5.41, 5.74) is 7.27. The molecule has 0 saturated heterocycles. The number of thioether (sulfide) groups is 1. The minimum Gasteiger partial charge on any atom is -0.409 e. The van der Waals surface area contributed by atoms with Gasteiger partial charge in [-0.3, -0.25) is 0 Å². The lowest BCUT2D eigenvalue weighted by atomic mass is 10.1. The molecule has 1 atom stereocenters. The van der Waals surface area contributed by atoms with E-state index in [-0.39, 0.29) is 18.4 Å². The fourth-order valence-electron chi connectivity index (χ4n) is 1.36. The maximum absolute atomic E-state index is 8.94. The molecule has 4 nitrogen and oxygen atoms in total. The first-order chi connectivity index (χ1) is 8.08. The van der Waals surface area contributed by atoms with E-state index in [1.54, 1.807) is 11.8 Å². The molecule has 0 amide bonds. The van der Waals surface area contributed by atoms with Crippen LogP contribution in [-0.4, -0.2) is 28.5 Å². The molecule has 1 aromatic rings. The van der Waals surface area contributed by atoms with Crippen LogP contribution in [0.15, 0.2) is 28.3 Å². The Labute approximate surface area is 106 Å². The molecule has 0 fully saturated rings. The van der Waals surface area contributed by atoms with E-state index in [9.17, 15) is 0 Å². The van der Waals surface area contributed by atoms with Crippen LogP contribution in [0.5, 0.6) is 0 Å². The van der Waals surface area contributed by atoms with Gasteiger partial charge in [-0.15, -0.1) is 11.8 Å². The molecule has 0 spiro atoms. The van der Waals surface area contributed by atoms with Gasteiger partial charge in [0.05, 0.1) is 0 Å². The van der Waals surface area contributed by atoms with Crippen molar-refractivity contribution in [3.05, 3.63) is 29.3 Å². The molecule has 5 heteroatoms. The first-order valence-electron chi connectivity index (χ1n) is 5.40. The Kier molecular flexibility index (Phi) is 5.31. The zero-order chi connectivity index (χ0) is 12.8. The second kappa shape index (κ2) is 6.51.